The van der Waals surface area contributed by atoms with Crippen molar-refractivity contribution < 1.29 is 9.90 Å². The van der Waals surface area contributed by atoms with E-state index in [1.807, 2.05) is 7.05 Å². The van der Waals surface area contributed by atoms with Gasteiger partial charge in [0.05, 0.1) is 12.0 Å². The third-order valence-corrected chi connectivity index (χ3v) is 3.40. The smallest absolute Gasteiger partial charge is 0.225 e. The van der Waals surface area contributed by atoms with Crippen molar-refractivity contribution in [2.75, 3.05) is 13.6 Å². The van der Waals surface area contributed by atoms with Crippen molar-refractivity contribution in [1.29, 1.82) is 0 Å². The second kappa shape index (κ2) is 5.38. The average Bonchev–Trinajstić information content (AvgIpc) is 2.15. The number of hydrogen-bond acceptors (Lipinski definition) is 2. The zero-order chi connectivity index (χ0) is 13.1. The molecule has 0 unspecified atom stereocenters. The first-order valence-electron chi connectivity index (χ1n) is 6.68. The molecule has 0 aromatic rings. The molecule has 1 aliphatic rings. The van der Waals surface area contributed by atoms with Gasteiger partial charge in [0.25, 0.3) is 0 Å². The largest absolute Gasteiger partial charge is 0.389 e. The number of carbonyl (C=O) groups excluding carboxylic acids is 1. The molecule has 1 aliphatic carbocycles. The van der Waals surface area contributed by atoms with Crippen molar-refractivity contribution in [3.8, 4) is 0 Å². The van der Waals surface area contributed by atoms with E-state index in [1.54, 1.807) is 4.90 Å². The van der Waals surface area contributed by atoms with Gasteiger partial charge in [-0.15, -0.1) is 0 Å². The van der Waals surface area contributed by atoms with Gasteiger partial charge in [0.2, 0.25) is 5.91 Å². The van der Waals surface area contributed by atoms with Crippen molar-refractivity contribution in [2.45, 2.75) is 64.9 Å². The fourth-order valence-corrected chi connectivity index (χ4v) is 2.60. The molecule has 0 aromatic heterocycles. The number of rotatable bonds is 3. The van der Waals surface area contributed by atoms with Crippen LogP contribution >= 0.6 is 0 Å². The van der Waals surface area contributed by atoms with Gasteiger partial charge in [-0.1, -0.05) is 40.0 Å². The molecule has 1 N–H and O–H groups in total. The molecule has 0 saturated heterocycles. The van der Waals surface area contributed by atoms with E-state index in [2.05, 4.69) is 20.8 Å². The van der Waals surface area contributed by atoms with Crippen molar-refractivity contribution in [1.82, 2.24) is 4.90 Å². The van der Waals surface area contributed by atoms with Gasteiger partial charge >= 0.3 is 0 Å². The van der Waals surface area contributed by atoms with Gasteiger partial charge in [-0.05, 0) is 18.3 Å². The Morgan fingerprint density at radius 3 is 2.24 bits per heavy atom. The quantitative estimate of drug-likeness (QED) is 0.825. The SMILES string of the molecule is CN(CC(C)(C)C)C(=O)CC1(O)CCCCC1. The summed E-state index contributed by atoms with van der Waals surface area (Å²) in [4.78, 5) is 13.8. The van der Waals surface area contributed by atoms with Crippen LogP contribution in [0, 0.1) is 5.41 Å². The molecule has 0 atom stereocenters. The van der Waals surface area contributed by atoms with E-state index in [9.17, 15) is 9.90 Å². The van der Waals surface area contributed by atoms with Crippen molar-refractivity contribution >= 4 is 5.91 Å². The van der Waals surface area contributed by atoms with Gasteiger partial charge < -0.3 is 10.0 Å². The van der Waals surface area contributed by atoms with E-state index in [-0.39, 0.29) is 11.3 Å². The first-order valence-corrected chi connectivity index (χ1v) is 6.68. The first kappa shape index (κ1) is 14.5. The highest BCUT2D eigenvalue weighted by Gasteiger charge is 2.33. The fraction of sp³-hybridized carbons (Fsp3) is 0.929. The van der Waals surface area contributed by atoms with Gasteiger partial charge in [-0.25, -0.2) is 0 Å². The standard InChI is InChI=1S/C14H27NO2/c1-13(2,3)11-15(4)12(16)10-14(17)8-6-5-7-9-14/h17H,5-11H2,1-4H3. The van der Waals surface area contributed by atoms with Crippen molar-refractivity contribution in [3.05, 3.63) is 0 Å². The highest BCUT2D eigenvalue weighted by Crippen LogP contribution is 2.31. The Labute approximate surface area is 105 Å². The lowest BCUT2D eigenvalue weighted by atomic mass is 9.82. The summed E-state index contributed by atoms with van der Waals surface area (Å²) in [6.45, 7) is 7.09. The molecule has 0 spiro atoms. The van der Waals surface area contributed by atoms with Crippen molar-refractivity contribution in [3.63, 3.8) is 0 Å². The van der Waals surface area contributed by atoms with E-state index >= 15 is 0 Å². The molecular weight excluding hydrogens is 214 g/mol. The molecule has 17 heavy (non-hydrogen) atoms. The number of aliphatic hydroxyl groups is 1. The van der Waals surface area contributed by atoms with Crippen LogP contribution in [0.2, 0.25) is 0 Å². The molecule has 1 saturated carbocycles. The Bertz CT molecular complexity index is 262. The molecule has 3 heteroatoms. The predicted octanol–water partition coefficient (Wildman–Crippen LogP) is 2.58. The Morgan fingerprint density at radius 1 is 1.24 bits per heavy atom. The Morgan fingerprint density at radius 2 is 1.76 bits per heavy atom. The third kappa shape index (κ3) is 5.07. The van der Waals surface area contributed by atoms with Gasteiger partial charge in [0.1, 0.15) is 0 Å². The number of nitrogens with zero attached hydrogens (tertiary/aromatic N) is 1. The fourth-order valence-electron chi connectivity index (χ4n) is 2.60. The summed E-state index contributed by atoms with van der Waals surface area (Å²) in [5.74, 6) is 0.0734. The van der Waals surface area contributed by atoms with Gasteiger partial charge in [0, 0.05) is 13.6 Å². The van der Waals surface area contributed by atoms with Crippen LogP contribution in [0.3, 0.4) is 0 Å². The summed E-state index contributed by atoms with van der Waals surface area (Å²) in [5.41, 5.74) is -0.624. The second-order valence-electron chi connectivity index (χ2n) is 6.77. The maximum atomic E-state index is 12.1. The minimum atomic E-state index is -0.735. The summed E-state index contributed by atoms with van der Waals surface area (Å²) >= 11 is 0. The summed E-state index contributed by atoms with van der Waals surface area (Å²) < 4.78 is 0. The van der Waals surface area contributed by atoms with E-state index < -0.39 is 5.60 Å². The van der Waals surface area contributed by atoms with Crippen molar-refractivity contribution in [2.24, 2.45) is 5.41 Å². The molecular formula is C14H27NO2. The second-order valence-corrected chi connectivity index (χ2v) is 6.77. The lowest BCUT2D eigenvalue weighted by Gasteiger charge is -2.34. The molecule has 100 valence electrons. The molecule has 3 nitrogen and oxygen atoms in total. The maximum Gasteiger partial charge on any atom is 0.225 e. The normalized spacial score (nSPS) is 20.1. The molecule has 0 radical (unpaired) electrons. The highest BCUT2D eigenvalue weighted by atomic mass is 16.3. The van der Waals surface area contributed by atoms with Gasteiger partial charge in [0.15, 0.2) is 0 Å². The molecule has 0 aliphatic heterocycles. The average molecular weight is 241 g/mol. The topological polar surface area (TPSA) is 40.5 Å². The van der Waals surface area contributed by atoms with Crippen LogP contribution in [0.5, 0.6) is 0 Å². The first-order chi connectivity index (χ1) is 7.72. The minimum Gasteiger partial charge on any atom is -0.389 e. The van der Waals surface area contributed by atoms with E-state index in [4.69, 9.17) is 0 Å². The lowest BCUT2D eigenvalue weighted by Crippen LogP contribution is -2.41. The third-order valence-electron chi connectivity index (χ3n) is 3.40. The van der Waals surface area contributed by atoms with Crippen LogP contribution in [0.15, 0.2) is 0 Å². The zero-order valence-corrected chi connectivity index (χ0v) is 11.8. The number of carbonyl (C=O) groups is 1. The van der Waals surface area contributed by atoms with Crippen LogP contribution in [-0.4, -0.2) is 35.1 Å². The van der Waals surface area contributed by atoms with E-state index in [0.717, 1.165) is 32.2 Å². The number of amides is 1. The molecule has 0 aromatic carbocycles. The van der Waals surface area contributed by atoms with Crippen LogP contribution in [0.4, 0.5) is 0 Å². The van der Waals surface area contributed by atoms with Crippen LogP contribution in [0.1, 0.15) is 59.3 Å². The monoisotopic (exact) mass is 241 g/mol. The summed E-state index contributed by atoms with van der Waals surface area (Å²) in [6.07, 6.45) is 5.14. The Balaban J connectivity index is 2.47. The number of hydrogen-bond donors (Lipinski definition) is 1. The molecule has 1 rings (SSSR count). The summed E-state index contributed by atoms with van der Waals surface area (Å²) in [5, 5.41) is 10.3. The van der Waals surface area contributed by atoms with Gasteiger partial charge in [-0.3, -0.25) is 4.79 Å². The van der Waals surface area contributed by atoms with E-state index in [0.29, 0.717) is 6.42 Å². The Hall–Kier alpha value is -0.570. The van der Waals surface area contributed by atoms with Crippen LogP contribution in [-0.2, 0) is 4.79 Å². The zero-order valence-electron chi connectivity index (χ0n) is 11.8. The summed E-state index contributed by atoms with van der Waals surface area (Å²) in [6, 6.07) is 0. The Kier molecular flexibility index (Phi) is 4.59. The minimum absolute atomic E-state index is 0.0734. The predicted molar refractivity (Wildman–Crippen MR) is 69.7 cm³/mol. The molecule has 1 fully saturated rings. The maximum absolute atomic E-state index is 12.1. The highest BCUT2D eigenvalue weighted by molar-refractivity contribution is 5.77. The molecule has 0 heterocycles. The lowest BCUT2D eigenvalue weighted by molar-refractivity contribution is -0.137. The van der Waals surface area contributed by atoms with Crippen LogP contribution < -0.4 is 0 Å². The van der Waals surface area contributed by atoms with E-state index in [1.165, 1.54) is 6.42 Å². The van der Waals surface area contributed by atoms with Gasteiger partial charge in [-0.2, -0.15) is 0 Å². The molecule has 1 amide bonds. The van der Waals surface area contributed by atoms with Crippen LogP contribution in [0.25, 0.3) is 0 Å². The summed E-state index contributed by atoms with van der Waals surface area (Å²) in [7, 11) is 1.83. The molecule has 0 bridgehead atoms.